The van der Waals surface area contributed by atoms with Gasteiger partial charge >= 0.3 is 13.2 Å². The summed E-state index contributed by atoms with van der Waals surface area (Å²) in [6.07, 6.45) is 1.13. The molecule has 0 atom stereocenters. The van der Waals surface area contributed by atoms with E-state index in [1.807, 2.05) is 0 Å². The third-order valence-electron chi connectivity index (χ3n) is 3.44. The van der Waals surface area contributed by atoms with Crippen molar-refractivity contribution in [2.75, 3.05) is 19.5 Å². The van der Waals surface area contributed by atoms with Gasteiger partial charge in [0.1, 0.15) is 11.5 Å². The van der Waals surface area contributed by atoms with Gasteiger partial charge in [-0.15, -0.1) is 0 Å². The van der Waals surface area contributed by atoms with Crippen LogP contribution in [0.15, 0.2) is 41.5 Å². The SMILES string of the molecule is COc1ccc(NC(=S)N/N=C/c2ccc(OC(F)F)cc2OC(F)F)cc1OC. The van der Waals surface area contributed by atoms with Gasteiger partial charge in [0.05, 0.1) is 20.4 Å². The Hall–Kier alpha value is -3.28. The number of hydrogen-bond donors (Lipinski definition) is 2. The molecule has 0 saturated carbocycles. The lowest BCUT2D eigenvalue weighted by Crippen LogP contribution is -2.23. The molecule has 0 saturated heterocycles. The van der Waals surface area contributed by atoms with E-state index in [-0.39, 0.29) is 16.4 Å². The molecule has 2 aromatic rings. The second-order valence-corrected chi connectivity index (χ2v) is 5.76. The van der Waals surface area contributed by atoms with E-state index in [9.17, 15) is 17.6 Å². The van der Waals surface area contributed by atoms with Crippen LogP contribution in [0, 0.1) is 0 Å². The standard InChI is InChI=1S/C18H17F4N3O4S/c1-26-13-6-4-11(7-15(13)27-2)24-18(30)25-23-9-10-3-5-12(28-16(19)20)8-14(10)29-17(21)22/h3-9,16-17H,1-2H3,(H2,24,25,30)/b23-9+. The summed E-state index contributed by atoms with van der Waals surface area (Å²) < 4.78 is 68.6. The molecule has 2 rings (SSSR count). The quantitative estimate of drug-likeness (QED) is 0.258. The molecule has 0 aliphatic carbocycles. The van der Waals surface area contributed by atoms with Gasteiger partial charge in [-0.1, -0.05) is 0 Å². The summed E-state index contributed by atoms with van der Waals surface area (Å²) in [5, 5.41) is 6.76. The number of halogens is 4. The summed E-state index contributed by atoms with van der Waals surface area (Å²) >= 11 is 5.10. The second-order valence-electron chi connectivity index (χ2n) is 5.35. The zero-order valence-corrected chi connectivity index (χ0v) is 16.5. The predicted molar refractivity (Wildman–Crippen MR) is 106 cm³/mol. The average Bonchev–Trinajstić information content (AvgIpc) is 2.68. The van der Waals surface area contributed by atoms with Crippen molar-refractivity contribution in [1.29, 1.82) is 0 Å². The Morgan fingerprint density at radius 1 is 0.933 bits per heavy atom. The summed E-state index contributed by atoms with van der Waals surface area (Å²) in [4.78, 5) is 0. The van der Waals surface area contributed by atoms with Gasteiger partial charge in [-0.2, -0.15) is 22.7 Å². The maximum Gasteiger partial charge on any atom is 0.387 e. The fraction of sp³-hybridized carbons (Fsp3) is 0.222. The van der Waals surface area contributed by atoms with Crippen LogP contribution in [0.3, 0.4) is 0 Å². The first-order chi connectivity index (χ1) is 14.3. The Morgan fingerprint density at radius 2 is 1.63 bits per heavy atom. The molecule has 0 bridgehead atoms. The number of thiocarbonyl (C=S) groups is 1. The molecule has 0 aliphatic heterocycles. The van der Waals surface area contributed by atoms with Gasteiger partial charge < -0.3 is 24.3 Å². The van der Waals surface area contributed by atoms with Crippen molar-refractivity contribution in [1.82, 2.24) is 5.43 Å². The van der Waals surface area contributed by atoms with E-state index in [0.29, 0.717) is 17.2 Å². The van der Waals surface area contributed by atoms with Gasteiger partial charge in [-0.05, 0) is 36.5 Å². The highest BCUT2D eigenvalue weighted by Gasteiger charge is 2.12. The van der Waals surface area contributed by atoms with Gasteiger partial charge in [0.25, 0.3) is 0 Å². The van der Waals surface area contributed by atoms with Crippen LogP contribution in [-0.2, 0) is 0 Å². The van der Waals surface area contributed by atoms with E-state index in [1.54, 1.807) is 18.2 Å². The zero-order valence-electron chi connectivity index (χ0n) is 15.7. The average molecular weight is 447 g/mol. The first kappa shape index (κ1) is 23.0. The molecule has 162 valence electrons. The van der Waals surface area contributed by atoms with E-state index >= 15 is 0 Å². The summed E-state index contributed by atoms with van der Waals surface area (Å²) in [6, 6.07) is 8.30. The van der Waals surface area contributed by atoms with Crippen LogP contribution in [0.25, 0.3) is 0 Å². The number of anilines is 1. The van der Waals surface area contributed by atoms with E-state index in [2.05, 4.69) is 25.3 Å². The maximum atomic E-state index is 12.6. The third kappa shape index (κ3) is 6.95. The topological polar surface area (TPSA) is 73.3 Å². The summed E-state index contributed by atoms with van der Waals surface area (Å²) in [7, 11) is 2.99. The minimum Gasteiger partial charge on any atom is -0.493 e. The highest BCUT2D eigenvalue weighted by atomic mass is 32.1. The molecule has 2 aromatic carbocycles. The highest BCUT2D eigenvalue weighted by molar-refractivity contribution is 7.80. The minimum atomic E-state index is -3.17. The predicted octanol–water partition coefficient (Wildman–Crippen LogP) is 4.23. The molecule has 0 radical (unpaired) electrons. The first-order valence-electron chi connectivity index (χ1n) is 8.18. The van der Waals surface area contributed by atoms with Gasteiger partial charge in [0.2, 0.25) is 0 Å². The second kappa shape index (κ2) is 11.0. The van der Waals surface area contributed by atoms with Gasteiger partial charge in [-0.3, -0.25) is 5.43 Å². The number of ether oxygens (including phenoxy) is 4. The largest absolute Gasteiger partial charge is 0.493 e. The molecule has 0 fully saturated rings. The number of hydrogen-bond acceptors (Lipinski definition) is 6. The Labute approximate surface area is 174 Å². The lowest BCUT2D eigenvalue weighted by atomic mass is 10.2. The minimum absolute atomic E-state index is 0.0818. The number of nitrogens with one attached hydrogen (secondary N) is 2. The van der Waals surface area contributed by atoms with E-state index in [4.69, 9.17) is 21.7 Å². The Bertz CT molecular complexity index is 900. The Balaban J connectivity index is 2.05. The van der Waals surface area contributed by atoms with Crippen LogP contribution in [0.4, 0.5) is 23.2 Å². The fourth-order valence-electron chi connectivity index (χ4n) is 2.23. The van der Waals surface area contributed by atoms with Crippen LogP contribution in [0.1, 0.15) is 5.56 Å². The van der Waals surface area contributed by atoms with Crippen molar-refractivity contribution in [3.8, 4) is 23.0 Å². The number of nitrogens with zero attached hydrogens (tertiary/aromatic N) is 1. The van der Waals surface area contributed by atoms with Crippen LogP contribution in [0.5, 0.6) is 23.0 Å². The van der Waals surface area contributed by atoms with Gasteiger partial charge in [0.15, 0.2) is 16.6 Å². The Kier molecular flexibility index (Phi) is 8.47. The summed E-state index contributed by atoms with van der Waals surface area (Å²) in [6.45, 7) is -6.27. The lowest BCUT2D eigenvalue weighted by Gasteiger charge is -2.12. The van der Waals surface area contributed by atoms with Crippen molar-refractivity contribution in [3.05, 3.63) is 42.0 Å². The monoisotopic (exact) mass is 447 g/mol. The summed E-state index contributed by atoms with van der Waals surface area (Å²) in [5.74, 6) is 0.281. The van der Waals surface area contributed by atoms with Crippen LogP contribution in [0.2, 0.25) is 0 Å². The fourth-order valence-corrected chi connectivity index (χ4v) is 2.40. The molecule has 0 aromatic heterocycles. The van der Waals surface area contributed by atoms with Crippen LogP contribution < -0.4 is 29.7 Å². The number of methoxy groups -OCH3 is 2. The molecule has 12 heteroatoms. The molecular formula is C18H17F4N3O4S. The molecule has 0 heterocycles. The van der Waals surface area contributed by atoms with E-state index in [0.717, 1.165) is 18.3 Å². The zero-order chi connectivity index (χ0) is 22.1. The lowest BCUT2D eigenvalue weighted by molar-refractivity contribution is -0.0543. The molecule has 0 unspecified atom stereocenters. The molecule has 2 N–H and O–H groups in total. The van der Waals surface area contributed by atoms with Gasteiger partial charge in [0, 0.05) is 23.4 Å². The smallest absolute Gasteiger partial charge is 0.387 e. The van der Waals surface area contributed by atoms with Crippen molar-refractivity contribution in [3.63, 3.8) is 0 Å². The maximum absolute atomic E-state index is 12.6. The van der Waals surface area contributed by atoms with Crippen molar-refractivity contribution in [2.45, 2.75) is 13.2 Å². The molecular weight excluding hydrogens is 430 g/mol. The highest BCUT2D eigenvalue weighted by Crippen LogP contribution is 2.29. The third-order valence-corrected chi connectivity index (χ3v) is 3.63. The molecule has 0 spiro atoms. The van der Waals surface area contributed by atoms with E-state index in [1.165, 1.54) is 20.3 Å². The van der Waals surface area contributed by atoms with Crippen LogP contribution in [-0.4, -0.2) is 38.8 Å². The van der Waals surface area contributed by atoms with Crippen molar-refractivity contribution in [2.24, 2.45) is 5.10 Å². The Morgan fingerprint density at radius 3 is 2.27 bits per heavy atom. The molecule has 0 aliphatic rings. The van der Waals surface area contributed by atoms with Crippen LogP contribution >= 0.6 is 12.2 Å². The van der Waals surface area contributed by atoms with Crippen molar-refractivity contribution < 1.29 is 36.5 Å². The molecule has 7 nitrogen and oxygen atoms in total. The first-order valence-corrected chi connectivity index (χ1v) is 8.59. The normalized spacial score (nSPS) is 10.9. The summed E-state index contributed by atoms with van der Waals surface area (Å²) in [5.41, 5.74) is 3.16. The van der Waals surface area contributed by atoms with E-state index < -0.39 is 19.0 Å². The van der Waals surface area contributed by atoms with Crippen molar-refractivity contribution >= 4 is 29.2 Å². The van der Waals surface area contributed by atoms with Gasteiger partial charge in [-0.25, -0.2) is 0 Å². The number of rotatable bonds is 9. The molecule has 0 amide bonds. The number of hydrazone groups is 1. The number of alkyl halides is 4. The number of benzene rings is 2. The molecule has 30 heavy (non-hydrogen) atoms.